The molecule has 1 aliphatic heterocycles. The highest BCUT2D eigenvalue weighted by Crippen LogP contribution is 2.33. The number of nitrogens with zero attached hydrogens (tertiary/aromatic N) is 1. The molecule has 2 fully saturated rings. The average Bonchev–Trinajstić information content (AvgIpc) is 3.32. The molecule has 1 saturated carbocycles. The highest BCUT2D eigenvalue weighted by Gasteiger charge is 2.42. The first-order chi connectivity index (χ1) is 11.4. The number of anilines is 1. The first-order valence-electron chi connectivity index (χ1n) is 7.90. The number of hydrogen-bond acceptors (Lipinski definition) is 4. The fourth-order valence-corrected chi connectivity index (χ4v) is 3.04. The second-order valence-corrected chi connectivity index (χ2v) is 6.27. The lowest BCUT2D eigenvalue weighted by Crippen LogP contribution is -2.30. The molecule has 1 aromatic rings. The number of amides is 2. The number of esters is 1. The van der Waals surface area contributed by atoms with Gasteiger partial charge in [-0.15, -0.1) is 0 Å². The highest BCUT2D eigenvalue weighted by molar-refractivity contribution is 6.04. The van der Waals surface area contributed by atoms with Gasteiger partial charge in [-0.05, 0) is 31.4 Å². The largest absolute Gasteiger partial charge is 0.465 e. The van der Waals surface area contributed by atoms with E-state index in [9.17, 15) is 18.8 Å². The summed E-state index contributed by atoms with van der Waals surface area (Å²) in [6.07, 6.45) is 2.06. The monoisotopic (exact) mass is 334 g/mol. The SMILES string of the molecule is COC(=O)c1c(C)ccc(F)c1NC(=O)[C@@H]1CC(=O)N(C2CC2)C1. The van der Waals surface area contributed by atoms with Crippen molar-refractivity contribution in [2.24, 2.45) is 5.92 Å². The molecule has 24 heavy (non-hydrogen) atoms. The highest BCUT2D eigenvalue weighted by atomic mass is 19.1. The Hall–Kier alpha value is -2.44. The van der Waals surface area contributed by atoms with Crippen molar-refractivity contribution >= 4 is 23.5 Å². The third-order valence-electron chi connectivity index (χ3n) is 4.52. The van der Waals surface area contributed by atoms with Crippen LogP contribution in [-0.2, 0) is 14.3 Å². The molecule has 1 atom stereocenters. The number of hydrogen-bond donors (Lipinski definition) is 1. The van der Waals surface area contributed by atoms with Gasteiger partial charge in [0.15, 0.2) is 0 Å². The summed E-state index contributed by atoms with van der Waals surface area (Å²) < 4.78 is 18.8. The van der Waals surface area contributed by atoms with E-state index in [4.69, 9.17) is 0 Å². The standard InChI is InChI=1S/C17H19FN2O4/c1-9-3-6-12(18)15(14(9)17(23)24-2)19-16(22)10-7-13(21)20(8-10)11-4-5-11/h3,6,10-11H,4-5,7-8H2,1-2H3,(H,19,22)/t10-/m1/s1. The van der Waals surface area contributed by atoms with Crippen LogP contribution in [0.1, 0.15) is 35.2 Å². The zero-order valence-corrected chi connectivity index (χ0v) is 13.6. The van der Waals surface area contributed by atoms with Gasteiger partial charge in [0.2, 0.25) is 11.8 Å². The molecule has 3 rings (SSSR count). The lowest BCUT2D eigenvalue weighted by molar-refractivity contribution is -0.128. The zero-order valence-electron chi connectivity index (χ0n) is 13.6. The Kier molecular flexibility index (Phi) is 4.26. The number of carbonyl (C=O) groups is 3. The van der Waals surface area contributed by atoms with E-state index < -0.39 is 23.6 Å². The molecular weight excluding hydrogens is 315 g/mol. The van der Waals surface area contributed by atoms with E-state index in [1.54, 1.807) is 11.8 Å². The van der Waals surface area contributed by atoms with Crippen LogP contribution in [0.5, 0.6) is 0 Å². The minimum Gasteiger partial charge on any atom is -0.465 e. The minimum atomic E-state index is -0.718. The number of halogens is 1. The fraction of sp³-hybridized carbons (Fsp3) is 0.471. The van der Waals surface area contributed by atoms with Crippen LogP contribution in [0, 0.1) is 18.7 Å². The van der Waals surface area contributed by atoms with Gasteiger partial charge in [0.05, 0.1) is 24.3 Å². The molecule has 1 N–H and O–H groups in total. The molecule has 0 radical (unpaired) electrons. The summed E-state index contributed by atoms with van der Waals surface area (Å²) in [5.74, 6) is -2.47. The molecule has 128 valence electrons. The van der Waals surface area contributed by atoms with Gasteiger partial charge in [-0.25, -0.2) is 9.18 Å². The summed E-state index contributed by atoms with van der Waals surface area (Å²) in [4.78, 5) is 38.1. The normalized spacial score (nSPS) is 20.2. The second kappa shape index (κ2) is 6.22. The Labute approximate surface area is 139 Å². The third-order valence-corrected chi connectivity index (χ3v) is 4.52. The van der Waals surface area contributed by atoms with Crippen LogP contribution in [0.4, 0.5) is 10.1 Å². The zero-order chi connectivity index (χ0) is 17.4. The number of nitrogens with one attached hydrogen (secondary N) is 1. The molecule has 1 aromatic carbocycles. The second-order valence-electron chi connectivity index (χ2n) is 6.27. The molecule has 0 spiro atoms. The van der Waals surface area contributed by atoms with Crippen molar-refractivity contribution in [1.29, 1.82) is 0 Å². The quantitative estimate of drug-likeness (QED) is 0.853. The van der Waals surface area contributed by atoms with E-state index >= 15 is 0 Å². The van der Waals surface area contributed by atoms with E-state index in [0.717, 1.165) is 12.8 Å². The predicted molar refractivity (Wildman–Crippen MR) is 83.9 cm³/mol. The summed E-state index contributed by atoms with van der Waals surface area (Å²) in [6, 6.07) is 2.88. The van der Waals surface area contributed by atoms with Gasteiger partial charge in [0.1, 0.15) is 5.82 Å². The predicted octanol–water partition coefficient (Wildman–Crippen LogP) is 1.87. The maximum absolute atomic E-state index is 14.2. The van der Waals surface area contributed by atoms with Crippen molar-refractivity contribution in [3.63, 3.8) is 0 Å². The molecule has 2 amide bonds. The molecule has 0 bridgehead atoms. The van der Waals surface area contributed by atoms with E-state index in [2.05, 4.69) is 10.1 Å². The van der Waals surface area contributed by atoms with Crippen LogP contribution in [0.25, 0.3) is 0 Å². The number of ether oxygens (including phenoxy) is 1. The van der Waals surface area contributed by atoms with Crippen molar-refractivity contribution in [2.75, 3.05) is 19.0 Å². The Bertz CT molecular complexity index is 715. The molecular formula is C17H19FN2O4. The van der Waals surface area contributed by atoms with Crippen molar-refractivity contribution in [2.45, 2.75) is 32.2 Å². The fourth-order valence-electron chi connectivity index (χ4n) is 3.04. The third kappa shape index (κ3) is 2.98. The summed E-state index contributed by atoms with van der Waals surface area (Å²) in [6.45, 7) is 1.98. The van der Waals surface area contributed by atoms with Gasteiger partial charge in [-0.1, -0.05) is 6.07 Å². The average molecular weight is 334 g/mol. The molecule has 0 aromatic heterocycles. The molecule has 1 saturated heterocycles. The molecule has 2 aliphatic rings. The number of rotatable bonds is 4. The Morgan fingerprint density at radius 3 is 2.67 bits per heavy atom. The van der Waals surface area contributed by atoms with Gasteiger partial charge < -0.3 is 15.0 Å². The van der Waals surface area contributed by atoms with Crippen LogP contribution < -0.4 is 5.32 Å². The molecule has 1 aliphatic carbocycles. The smallest absolute Gasteiger partial charge is 0.340 e. The molecule has 1 heterocycles. The van der Waals surface area contributed by atoms with Crippen LogP contribution in [0.15, 0.2) is 12.1 Å². The van der Waals surface area contributed by atoms with Crippen molar-refractivity contribution in [3.8, 4) is 0 Å². The summed E-state index contributed by atoms with van der Waals surface area (Å²) in [5, 5.41) is 2.48. The van der Waals surface area contributed by atoms with Gasteiger partial charge in [-0.3, -0.25) is 9.59 Å². The minimum absolute atomic E-state index is 0.00535. The van der Waals surface area contributed by atoms with Gasteiger partial charge in [-0.2, -0.15) is 0 Å². The summed E-state index contributed by atoms with van der Waals surface area (Å²) in [7, 11) is 1.20. The summed E-state index contributed by atoms with van der Waals surface area (Å²) in [5.41, 5.74) is 0.305. The van der Waals surface area contributed by atoms with Crippen LogP contribution in [-0.4, -0.2) is 42.4 Å². The number of benzene rings is 1. The number of carbonyl (C=O) groups excluding carboxylic acids is 3. The maximum Gasteiger partial charge on any atom is 0.340 e. The molecule has 6 nitrogen and oxygen atoms in total. The summed E-state index contributed by atoms with van der Waals surface area (Å²) >= 11 is 0. The van der Waals surface area contributed by atoms with Crippen molar-refractivity contribution < 1.29 is 23.5 Å². The number of aryl methyl sites for hydroxylation is 1. The van der Waals surface area contributed by atoms with Crippen molar-refractivity contribution in [1.82, 2.24) is 4.90 Å². The lowest BCUT2D eigenvalue weighted by atomic mass is 10.0. The van der Waals surface area contributed by atoms with Gasteiger partial charge in [0, 0.05) is 19.0 Å². The van der Waals surface area contributed by atoms with E-state index in [1.807, 2.05) is 0 Å². The van der Waals surface area contributed by atoms with E-state index in [0.29, 0.717) is 12.1 Å². The van der Waals surface area contributed by atoms with Gasteiger partial charge >= 0.3 is 5.97 Å². The van der Waals surface area contributed by atoms with E-state index in [-0.39, 0.29) is 29.6 Å². The van der Waals surface area contributed by atoms with Gasteiger partial charge in [0.25, 0.3) is 0 Å². The molecule has 7 heteroatoms. The first-order valence-corrected chi connectivity index (χ1v) is 7.90. The topological polar surface area (TPSA) is 75.7 Å². The number of methoxy groups -OCH3 is 1. The Morgan fingerprint density at radius 2 is 2.04 bits per heavy atom. The van der Waals surface area contributed by atoms with Crippen molar-refractivity contribution in [3.05, 3.63) is 29.1 Å². The van der Waals surface area contributed by atoms with Crippen LogP contribution in [0.2, 0.25) is 0 Å². The van der Waals surface area contributed by atoms with Crippen LogP contribution in [0.3, 0.4) is 0 Å². The first kappa shape index (κ1) is 16.4. The number of likely N-dealkylation sites (tertiary alicyclic amines) is 1. The molecule has 0 unspecified atom stereocenters. The Morgan fingerprint density at radius 1 is 1.33 bits per heavy atom. The Balaban J connectivity index is 1.81. The maximum atomic E-state index is 14.2. The lowest BCUT2D eigenvalue weighted by Gasteiger charge is -2.17. The van der Waals surface area contributed by atoms with Crippen LogP contribution >= 0.6 is 0 Å². The van der Waals surface area contributed by atoms with E-state index in [1.165, 1.54) is 19.2 Å².